The van der Waals surface area contributed by atoms with E-state index in [2.05, 4.69) is 69.2 Å². The molecule has 4 heteroatoms. The van der Waals surface area contributed by atoms with Crippen LogP contribution < -0.4 is 0 Å². The predicted molar refractivity (Wildman–Crippen MR) is 293 cm³/mol. The van der Waals surface area contributed by atoms with Crippen LogP contribution in [0.4, 0.5) is 0 Å². The van der Waals surface area contributed by atoms with Crippen LogP contribution >= 0.6 is 0 Å². The molecule has 4 nitrogen and oxygen atoms in total. The van der Waals surface area contributed by atoms with Crippen molar-refractivity contribution in [3.63, 3.8) is 0 Å². The normalized spacial score (nSPS) is 8.06. The van der Waals surface area contributed by atoms with Crippen LogP contribution in [-0.2, 0) is 0 Å². The van der Waals surface area contributed by atoms with E-state index in [1.54, 1.807) is 13.8 Å². The van der Waals surface area contributed by atoms with Crippen LogP contribution in [0.2, 0.25) is 0 Å². The fourth-order valence-electron chi connectivity index (χ4n) is 4.51. The van der Waals surface area contributed by atoms with Gasteiger partial charge in [0.2, 0.25) is 0 Å². The monoisotopic (exact) mass is 881 g/mol. The molecule has 0 aliphatic rings. The number of hydrogen-bond acceptors (Lipinski definition) is 2. The zero-order valence-electron chi connectivity index (χ0n) is 45.4. The average molecular weight is 882 g/mol. The topological polar surface area (TPSA) is 97.1 Å². The van der Waals surface area contributed by atoms with Crippen molar-refractivity contribution in [2.24, 2.45) is 0 Å². The van der Waals surface area contributed by atoms with Gasteiger partial charge in [-0.05, 0) is 48.2 Å². The standard InChI is InChI=1S/2C14H12O.4C5H12.C3H8.4C2H6.2H2O/c2*1-11(15)13-8-5-9-14(10-13)12-6-3-2-4-7-12;4*1-3-5-4-2;1-3-2;4*1-2;;/h2*2-10H,1H3;4*3-5H2,1-2H3;3H2,1-2H3;4*1-2H3;2*1H2. The number of carbonyl (C=O) groups excluding carboxylic acids is 2. The number of benzene rings is 4. The zero-order valence-corrected chi connectivity index (χ0v) is 45.4. The van der Waals surface area contributed by atoms with E-state index >= 15 is 0 Å². The maximum atomic E-state index is 11.2. The van der Waals surface area contributed by atoms with Crippen LogP contribution in [0.3, 0.4) is 0 Å². The Morgan fingerprint density at radius 3 is 0.667 bits per heavy atom. The molecule has 4 aromatic rings. The van der Waals surface area contributed by atoms with Crippen molar-refractivity contribution in [1.82, 2.24) is 0 Å². The largest absolute Gasteiger partial charge is 0.412 e. The molecular formula is C59H108O4. The smallest absolute Gasteiger partial charge is 0.159 e. The number of Topliss-reactive ketones (excluding diaryl/α,β-unsaturated/α-hetero) is 2. The average Bonchev–Trinajstić information content (AvgIpc) is 3.32. The van der Waals surface area contributed by atoms with Crippen molar-refractivity contribution in [3.05, 3.63) is 120 Å². The minimum Gasteiger partial charge on any atom is -0.412 e. The zero-order chi connectivity index (χ0) is 48.5. The quantitative estimate of drug-likeness (QED) is 0.132. The van der Waals surface area contributed by atoms with Gasteiger partial charge in [-0.15, -0.1) is 0 Å². The van der Waals surface area contributed by atoms with E-state index in [0.717, 1.165) is 33.4 Å². The second-order valence-corrected chi connectivity index (χ2v) is 13.1. The lowest BCUT2D eigenvalue weighted by Gasteiger charge is -2.02. The Bertz CT molecular complexity index is 1230. The van der Waals surface area contributed by atoms with Gasteiger partial charge in [0.1, 0.15) is 0 Å². The summed E-state index contributed by atoms with van der Waals surface area (Å²) < 4.78 is 0. The molecule has 368 valence electrons. The first-order chi connectivity index (χ1) is 29.6. The summed E-state index contributed by atoms with van der Waals surface area (Å²) in [5.41, 5.74) is 5.97. The van der Waals surface area contributed by atoms with Crippen LogP contribution in [0.5, 0.6) is 0 Å². The Morgan fingerprint density at radius 2 is 0.508 bits per heavy atom. The molecule has 0 aromatic heterocycles. The van der Waals surface area contributed by atoms with Gasteiger partial charge in [0.25, 0.3) is 0 Å². The maximum Gasteiger partial charge on any atom is 0.159 e. The van der Waals surface area contributed by atoms with Crippen LogP contribution in [0, 0.1) is 0 Å². The maximum absolute atomic E-state index is 11.2. The van der Waals surface area contributed by atoms with Crippen LogP contribution in [0.1, 0.15) is 243 Å². The number of hydrogen-bond donors (Lipinski definition) is 0. The van der Waals surface area contributed by atoms with Crippen molar-refractivity contribution in [2.45, 2.75) is 222 Å². The molecule has 0 aliphatic carbocycles. The first-order valence-corrected chi connectivity index (χ1v) is 24.9. The van der Waals surface area contributed by atoms with E-state index in [1.165, 1.54) is 83.5 Å². The molecule has 0 heterocycles. The molecule has 0 radical (unpaired) electrons. The number of ketones is 2. The first-order valence-electron chi connectivity index (χ1n) is 24.9. The highest BCUT2D eigenvalue weighted by Crippen LogP contribution is 2.21. The molecule has 0 aliphatic heterocycles. The third-order valence-corrected chi connectivity index (χ3v) is 7.58. The van der Waals surface area contributed by atoms with E-state index in [4.69, 9.17) is 0 Å². The second-order valence-electron chi connectivity index (χ2n) is 13.1. The molecule has 0 bridgehead atoms. The van der Waals surface area contributed by atoms with Gasteiger partial charge in [-0.1, -0.05) is 305 Å². The lowest BCUT2D eigenvalue weighted by Crippen LogP contribution is -1.91. The minimum absolute atomic E-state index is 0. The summed E-state index contributed by atoms with van der Waals surface area (Å²) in [5.74, 6) is 0.209. The SMILES string of the molecule is CC.CC.CC.CC.CC(=O)c1cccc(-c2ccccc2)c1.CC(=O)c1cccc(-c2ccccc2)c1.CCC.CCCCC.CCCCC.CCCCC.CCCCC.O.O. The summed E-state index contributed by atoms with van der Waals surface area (Å²) in [4.78, 5) is 22.5. The summed E-state index contributed by atoms with van der Waals surface area (Å²) in [6.45, 7) is 41.1. The third-order valence-electron chi connectivity index (χ3n) is 7.58. The second kappa shape index (κ2) is 72.6. The highest BCUT2D eigenvalue weighted by Gasteiger charge is 2.02. The van der Waals surface area contributed by atoms with Gasteiger partial charge in [0.15, 0.2) is 11.6 Å². The van der Waals surface area contributed by atoms with E-state index in [9.17, 15) is 9.59 Å². The van der Waals surface area contributed by atoms with E-state index in [-0.39, 0.29) is 22.5 Å². The molecule has 0 amide bonds. The van der Waals surface area contributed by atoms with Gasteiger partial charge < -0.3 is 11.0 Å². The highest BCUT2D eigenvalue weighted by atomic mass is 16.1. The van der Waals surface area contributed by atoms with Crippen LogP contribution in [-0.4, -0.2) is 22.5 Å². The fourth-order valence-corrected chi connectivity index (χ4v) is 4.51. The molecule has 0 fully saturated rings. The highest BCUT2D eigenvalue weighted by molar-refractivity contribution is 5.95. The molecule has 4 N–H and O–H groups in total. The Balaban J connectivity index is -0.0000000803. The van der Waals surface area contributed by atoms with Gasteiger partial charge >= 0.3 is 0 Å². The molecule has 0 atom stereocenters. The Morgan fingerprint density at radius 1 is 0.317 bits per heavy atom. The van der Waals surface area contributed by atoms with Gasteiger partial charge in [-0.3, -0.25) is 9.59 Å². The molecule has 0 unspecified atom stereocenters. The third kappa shape index (κ3) is 58.1. The number of carbonyl (C=O) groups is 2. The van der Waals surface area contributed by atoms with Gasteiger partial charge in [0.05, 0.1) is 0 Å². The van der Waals surface area contributed by atoms with E-state index in [0.29, 0.717) is 0 Å². The van der Waals surface area contributed by atoms with Crippen molar-refractivity contribution >= 4 is 11.6 Å². The molecule has 63 heavy (non-hydrogen) atoms. The Kier molecular flexibility index (Phi) is 91.6. The van der Waals surface area contributed by atoms with Crippen molar-refractivity contribution in [3.8, 4) is 22.3 Å². The van der Waals surface area contributed by atoms with Gasteiger partial charge in [-0.2, -0.15) is 0 Å². The Hall–Kier alpha value is -3.86. The van der Waals surface area contributed by atoms with Crippen molar-refractivity contribution in [1.29, 1.82) is 0 Å². The van der Waals surface area contributed by atoms with E-state index in [1.807, 2.05) is 165 Å². The molecule has 0 saturated heterocycles. The summed E-state index contributed by atoms with van der Waals surface area (Å²) in [6.07, 6.45) is 17.6. The number of unbranched alkanes of at least 4 members (excludes halogenated alkanes) is 8. The van der Waals surface area contributed by atoms with E-state index < -0.39 is 0 Å². The summed E-state index contributed by atoms with van der Waals surface area (Å²) in [7, 11) is 0. The number of rotatable bonds is 12. The fraction of sp³-hybridized carbons (Fsp3) is 0.559. The minimum atomic E-state index is 0. The summed E-state index contributed by atoms with van der Waals surface area (Å²) in [6, 6.07) is 35.5. The molecule has 0 spiro atoms. The first kappa shape index (κ1) is 79.5. The molecule has 0 saturated carbocycles. The predicted octanol–water partition coefficient (Wildman–Crippen LogP) is 19.8. The molecule has 4 rings (SSSR count). The van der Waals surface area contributed by atoms with Crippen LogP contribution in [0.15, 0.2) is 109 Å². The van der Waals surface area contributed by atoms with Crippen molar-refractivity contribution in [2.75, 3.05) is 0 Å². The summed E-state index contributed by atoms with van der Waals surface area (Å²) >= 11 is 0. The molecule has 4 aromatic carbocycles. The lowest BCUT2D eigenvalue weighted by molar-refractivity contribution is 0.100. The molecular weight excluding hydrogens is 773 g/mol. The van der Waals surface area contributed by atoms with Crippen molar-refractivity contribution < 1.29 is 20.5 Å². The summed E-state index contributed by atoms with van der Waals surface area (Å²) in [5, 5.41) is 0. The van der Waals surface area contributed by atoms with Gasteiger partial charge in [-0.25, -0.2) is 0 Å². The van der Waals surface area contributed by atoms with Gasteiger partial charge in [0, 0.05) is 11.1 Å². The lowest BCUT2D eigenvalue weighted by atomic mass is 10.0. The van der Waals surface area contributed by atoms with Crippen LogP contribution in [0.25, 0.3) is 22.3 Å². The Labute approximate surface area is 395 Å².